The van der Waals surface area contributed by atoms with Gasteiger partial charge in [-0.15, -0.1) is 0 Å². The van der Waals surface area contributed by atoms with Gasteiger partial charge < -0.3 is 15.8 Å². The highest BCUT2D eigenvalue weighted by Gasteiger charge is 2.48. The van der Waals surface area contributed by atoms with Crippen LogP contribution < -0.4 is 15.8 Å². The summed E-state index contributed by atoms with van der Waals surface area (Å²) in [6.45, 7) is 5.44. The maximum atomic E-state index is 12.6. The van der Waals surface area contributed by atoms with E-state index in [1.54, 1.807) is 0 Å². The highest BCUT2D eigenvalue weighted by Crippen LogP contribution is 2.47. The van der Waals surface area contributed by atoms with Crippen LogP contribution in [-0.2, 0) is 11.3 Å². The molecule has 4 atom stereocenters. The fourth-order valence-corrected chi connectivity index (χ4v) is 4.07. The monoisotopic (exact) mass is 316 g/mol. The lowest BCUT2D eigenvalue weighted by Gasteiger charge is -2.27. The van der Waals surface area contributed by atoms with Crippen LogP contribution >= 0.6 is 0 Å². The Kier molecular flexibility index (Phi) is 4.90. The topological polar surface area (TPSA) is 64.3 Å². The summed E-state index contributed by atoms with van der Waals surface area (Å²) in [4.78, 5) is 12.6. The number of benzene rings is 1. The van der Waals surface area contributed by atoms with Crippen LogP contribution in [0.1, 0.15) is 38.7 Å². The maximum Gasteiger partial charge on any atom is 0.225 e. The molecule has 2 aliphatic carbocycles. The molecule has 2 saturated carbocycles. The van der Waals surface area contributed by atoms with Gasteiger partial charge in [-0.1, -0.05) is 32.0 Å². The van der Waals surface area contributed by atoms with Crippen molar-refractivity contribution in [3.8, 4) is 5.75 Å². The molecule has 3 N–H and O–H groups in total. The zero-order valence-corrected chi connectivity index (χ0v) is 14.1. The molecule has 126 valence electrons. The standard InChI is InChI=1S/C19H28N2O2/c1-12(2)11-23-16-6-4-3-5-15(16)10-21-19(22)17-13-7-8-14(9-13)18(17)20/h3-6,12-14,17-18H,7-11,20H2,1-2H3,(H,21,22). The summed E-state index contributed by atoms with van der Waals surface area (Å²) in [5, 5.41) is 3.09. The molecule has 0 aromatic heterocycles. The van der Waals surface area contributed by atoms with E-state index in [1.165, 1.54) is 6.42 Å². The van der Waals surface area contributed by atoms with E-state index in [0.717, 1.165) is 24.2 Å². The Balaban J connectivity index is 1.59. The van der Waals surface area contributed by atoms with Crippen LogP contribution in [0.3, 0.4) is 0 Å². The first-order chi connectivity index (χ1) is 11.1. The Hall–Kier alpha value is -1.55. The van der Waals surface area contributed by atoms with Crippen molar-refractivity contribution in [3.05, 3.63) is 29.8 Å². The van der Waals surface area contributed by atoms with E-state index in [4.69, 9.17) is 10.5 Å². The molecule has 0 radical (unpaired) electrons. The van der Waals surface area contributed by atoms with Crippen molar-refractivity contribution < 1.29 is 9.53 Å². The zero-order valence-electron chi connectivity index (χ0n) is 14.1. The van der Waals surface area contributed by atoms with Crippen molar-refractivity contribution >= 4 is 5.91 Å². The van der Waals surface area contributed by atoms with E-state index in [0.29, 0.717) is 30.9 Å². The predicted octanol–water partition coefficient (Wildman–Crippen LogP) is 2.71. The van der Waals surface area contributed by atoms with Crippen molar-refractivity contribution in [3.63, 3.8) is 0 Å². The van der Waals surface area contributed by atoms with E-state index in [-0.39, 0.29) is 17.9 Å². The quantitative estimate of drug-likeness (QED) is 0.848. The largest absolute Gasteiger partial charge is 0.493 e. The minimum absolute atomic E-state index is 0.00232. The molecular formula is C19H28N2O2. The smallest absolute Gasteiger partial charge is 0.225 e. The average molecular weight is 316 g/mol. The summed E-state index contributed by atoms with van der Waals surface area (Å²) < 4.78 is 5.85. The third-order valence-corrected chi connectivity index (χ3v) is 5.28. The van der Waals surface area contributed by atoms with Crippen molar-refractivity contribution in [2.75, 3.05) is 6.61 Å². The number of amides is 1. The summed E-state index contributed by atoms with van der Waals surface area (Å²) in [6, 6.07) is 7.96. The second-order valence-electron chi connectivity index (χ2n) is 7.47. The molecular weight excluding hydrogens is 288 g/mol. The van der Waals surface area contributed by atoms with Gasteiger partial charge in [0.1, 0.15) is 5.75 Å². The second-order valence-corrected chi connectivity index (χ2v) is 7.47. The summed E-state index contributed by atoms with van der Waals surface area (Å²) in [5.41, 5.74) is 7.29. The van der Waals surface area contributed by atoms with Crippen LogP contribution in [0.4, 0.5) is 0 Å². The number of ether oxygens (including phenoxy) is 1. The minimum atomic E-state index is -0.00232. The summed E-state index contributed by atoms with van der Waals surface area (Å²) in [6.07, 6.45) is 3.49. The Bertz CT molecular complexity index is 556. The van der Waals surface area contributed by atoms with Gasteiger partial charge in [0.05, 0.1) is 12.5 Å². The highest BCUT2D eigenvalue weighted by molar-refractivity contribution is 5.80. The Morgan fingerprint density at radius 3 is 2.74 bits per heavy atom. The molecule has 0 aliphatic heterocycles. The molecule has 0 heterocycles. The first-order valence-corrected chi connectivity index (χ1v) is 8.80. The van der Waals surface area contributed by atoms with Gasteiger partial charge in [-0.2, -0.15) is 0 Å². The summed E-state index contributed by atoms with van der Waals surface area (Å²) in [5.74, 6) is 2.49. The molecule has 0 spiro atoms. The lowest BCUT2D eigenvalue weighted by Crippen LogP contribution is -2.45. The van der Waals surface area contributed by atoms with E-state index in [9.17, 15) is 4.79 Å². The van der Waals surface area contributed by atoms with Crippen LogP contribution in [0, 0.1) is 23.7 Å². The van der Waals surface area contributed by atoms with Crippen LogP contribution in [0.2, 0.25) is 0 Å². The number of para-hydroxylation sites is 1. The number of carbonyl (C=O) groups excluding carboxylic acids is 1. The van der Waals surface area contributed by atoms with Crippen molar-refractivity contribution in [2.24, 2.45) is 29.4 Å². The molecule has 1 aromatic rings. The summed E-state index contributed by atoms with van der Waals surface area (Å²) >= 11 is 0. The van der Waals surface area contributed by atoms with Gasteiger partial charge in [0.2, 0.25) is 5.91 Å². The van der Waals surface area contributed by atoms with Crippen molar-refractivity contribution in [1.82, 2.24) is 5.32 Å². The fraction of sp³-hybridized carbons (Fsp3) is 0.632. The van der Waals surface area contributed by atoms with Gasteiger partial charge in [-0.3, -0.25) is 4.79 Å². The molecule has 1 amide bonds. The number of fused-ring (bicyclic) bond motifs is 2. The van der Waals surface area contributed by atoms with Crippen LogP contribution in [0.5, 0.6) is 5.75 Å². The van der Waals surface area contributed by atoms with Gasteiger partial charge in [-0.25, -0.2) is 0 Å². The van der Waals surface area contributed by atoms with Gasteiger partial charge in [0.25, 0.3) is 0 Å². The van der Waals surface area contributed by atoms with Gasteiger partial charge in [0, 0.05) is 18.2 Å². The first kappa shape index (κ1) is 16.3. The SMILES string of the molecule is CC(C)COc1ccccc1CNC(=O)C1C2CCC(C2)C1N. The number of hydrogen-bond acceptors (Lipinski definition) is 3. The van der Waals surface area contributed by atoms with Gasteiger partial charge in [-0.05, 0) is 43.1 Å². The number of hydrogen-bond donors (Lipinski definition) is 2. The molecule has 4 heteroatoms. The molecule has 4 unspecified atom stereocenters. The zero-order chi connectivity index (χ0) is 16.4. The molecule has 0 saturated heterocycles. The minimum Gasteiger partial charge on any atom is -0.493 e. The van der Waals surface area contributed by atoms with E-state index in [1.807, 2.05) is 24.3 Å². The third-order valence-electron chi connectivity index (χ3n) is 5.28. The van der Waals surface area contributed by atoms with Gasteiger partial charge in [0.15, 0.2) is 0 Å². The normalized spacial score (nSPS) is 29.0. The number of carbonyl (C=O) groups is 1. The van der Waals surface area contributed by atoms with Gasteiger partial charge >= 0.3 is 0 Å². The molecule has 3 rings (SSSR count). The molecule has 2 fully saturated rings. The average Bonchev–Trinajstić information content (AvgIpc) is 3.12. The van der Waals surface area contributed by atoms with E-state index < -0.39 is 0 Å². The van der Waals surface area contributed by atoms with Crippen LogP contribution in [0.25, 0.3) is 0 Å². The second kappa shape index (κ2) is 6.91. The number of nitrogens with two attached hydrogens (primary N) is 1. The maximum absolute atomic E-state index is 12.6. The van der Waals surface area contributed by atoms with Crippen LogP contribution in [0.15, 0.2) is 24.3 Å². The molecule has 23 heavy (non-hydrogen) atoms. The Morgan fingerprint density at radius 2 is 2.04 bits per heavy atom. The van der Waals surface area contributed by atoms with E-state index in [2.05, 4.69) is 19.2 Å². The lowest BCUT2D eigenvalue weighted by atomic mass is 9.84. The van der Waals surface area contributed by atoms with Crippen molar-refractivity contribution in [2.45, 2.75) is 45.7 Å². The first-order valence-electron chi connectivity index (χ1n) is 8.80. The number of nitrogens with one attached hydrogen (secondary N) is 1. The molecule has 4 nitrogen and oxygen atoms in total. The Morgan fingerprint density at radius 1 is 1.30 bits per heavy atom. The number of rotatable bonds is 6. The van der Waals surface area contributed by atoms with Crippen molar-refractivity contribution in [1.29, 1.82) is 0 Å². The molecule has 2 aliphatic rings. The molecule has 1 aromatic carbocycles. The predicted molar refractivity (Wildman–Crippen MR) is 90.9 cm³/mol. The fourth-order valence-electron chi connectivity index (χ4n) is 4.07. The Labute approximate surface area is 138 Å². The highest BCUT2D eigenvalue weighted by atomic mass is 16.5. The van der Waals surface area contributed by atoms with E-state index >= 15 is 0 Å². The third kappa shape index (κ3) is 3.52. The molecule has 2 bridgehead atoms. The van der Waals surface area contributed by atoms with Crippen LogP contribution in [-0.4, -0.2) is 18.6 Å². The lowest BCUT2D eigenvalue weighted by molar-refractivity contribution is -0.127. The summed E-state index contributed by atoms with van der Waals surface area (Å²) in [7, 11) is 0.